The third-order valence-corrected chi connectivity index (χ3v) is 4.89. The van der Waals surface area contributed by atoms with E-state index < -0.39 is 5.54 Å². The zero-order chi connectivity index (χ0) is 14.9. The van der Waals surface area contributed by atoms with Crippen molar-refractivity contribution in [2.24, 2.45) is 5.73 Å². The minimum Gasteiger partial charge on any atom is -0.437 e. The van der Waals surface area contributed by atoms with Gasteiger partial charge in [-0.1, -0.05) is 11.8 Å². The van der Waals surface area contributed by atoms with Gasteiger partial charge in [-0.15, -0.1) is 0 Å². The molecular weight excluding hydrogens is 274 g/mol. The van der Waals surface area contributed by atoms with Crippen LogP contribution in [0.5, 0.6) is 0 Å². The van der Waals surface area contributed by atoms with E-state index in [4.69, 9.17) is 10.2 Å². The van der Waals surface area contributed by atoms with Gasteiger partial charge in [-0.2, -0.15) is 0 Å². The summed E-state index contributed by atoms with van der Waals surface area (Å²) in [6.07, 6.45) is 2.44. The maximum absolute atomic E-state index is 11.8. The van der Waals surface area contributed by atoms with Gasteiger partial charge in [0.2, 0.25) is 5.91 Å². The smallest absolute Gasteiger partial charge is 0.256 e. The Labute approximate surface area is 124 Å². The quantitative estimate of drug-likeness (QED) is 0.870. The molecule has 0 spiro atoms. The lowest BCUT2D eigenvalue weighted by Gasteiger charge is -2.29. The molecule has 20 heavy (non-hydrogen) atoms. The van der Waals surface area contributed by atoms with Crippen molar-refractivity contribution in [1.82, 2.24) is 10.3 Å². The van der Waals surface area contributed by atoms with Gasteiger partial charge in [0, 0.05) is 11.3 Å². The van der Waals surface area contributed by atoms with Crippen LogP contribution in [0.3, 0.4) is 0 Å². The molecule has 2 unspecified atom stereocenters. The minimum absolute atomic E-state index is 0.234. The Morgan fingerprint density at radius 2 is 2.25 bits per heavy atom. The summed E-state index contributed by atoms with van der Waals surface area (Å²) >= 11 is 1.61. The van der Waals surface area contributed by atoms with Crippen LogP contribution in [0.15, 0.2) is 9.64 Å². The number of carbonyl (C=O) groups excluding carboxylic acids is 1. The van der Waals surface area contributed by atoms with Crippen LogP contribution in [0.2, 0.25) is 0 Å². The molecule has 0 saturated heterocycles. The van der Waals surface area contributed by atoms with E-state index in [-0.39, 0.29) is 11.9 Å². The molecule has 0 bridgehead atoms. The highest BCUT2D eigenvalue weighted by Crippen LogP contribution is 2.40. The van der Waals surface area contributed by atoms with E-state index in [0.717, 1.165) is 30.7 Å². The molecule has 0 aromatic carbocycles. The van der Waals surface area contributed by atoms with E-state index in [2.05, 4.69) is 10.3 Å². The zero-order valence-electron chi connectivity index (χ0n) is 12.5. The molecule has 1 heterocycles. The molecule has 6 heteroatoms. The first kappa shape index (κ1) is 15.4. The van der Waals surface area contributed by atoms with Crippen LogP contribution < -0.4 is 11.1 Å². The summed E-state index contributed by atoms with van der Waals surface area (Å²) in [5.74, 6) is 0.598. The van der Waals surface area contributed by atoms with Crippen LogP contribution >= 0.6 is 11.8 Å². The number of rotatable bonds is 5. The Morgan fingerprint density at radius 3 is 2.75 bits per heavy atom. The standard InChI is InChI=1S/C14H23N3O2S/c1-8(2)17-14(12(15)18)6-5-11(7-14)20-13-16-9(3)10(4)19-13/h8,11,17H,5-7H2,1-4H3,(H2,15,18). The maximum Gasteiger partial charge on any atom is 0.256 e. The second-order valence-corrected chi connectivity index (χ2v) is 7.10. The number of thioether (sulfide) groups is 1. The molecule has 1 aromatic rings. The topological polar surface area (TPSA) is 81.1 Å². The van der Waals surface area contributed by atoms with Gasteiger partial charge in [0.1, 0.15) is 5.76 Å². The third-order valence-electron chi connectivity index (χ3n) is 3.78. The highest BCUT2D eigenvalue weighted by atomic mass is 32.2. The molecule has 1 fully saturated rings. The number of nitrogens with one attached hydrogen (secondary N) is 1. The number of nitrogens with two attached hydrogens (primary N) is 1. The van der Waals surface area contributed by atoms with Gasteiger partial charge in [0.05, 0.1) is 11.2 Å². The first-order chi connectivity index (χ1) is 9.32. The number of primary amides is 1. The Kier molecular flexibility index (Phi) is 4.44. The van der Waals surface area contributed by atoms with Gasteiger partial charge in [-0.05, 0) is 47.0 Å². The predicted molar refractivity (Wildman–Crippen MR) is 79.7 cm³/mol. The van der Waals surface area contributed by atoms with E-state index in [0.29, 0.717) is 10.5 Å². The summed E-state index contributed by atoms with van der Waals surface area (Å²) in [6.45, 7) is 7.92. The number of hydrogen-bond acceptors (Lipinski definition) is 5. The van der Waals surface area contributed by atoms with E-state index in [1.54, 1.807) is 11.8 Å². The Balaban J connectivity index is 2.04. The van der Waals surface area contributed by atoms with Crippen LogP contribution in [0.1, 0.15) is 44.6 Å². The van der Waals surface area contributed by atoms with E-state index in [1.165, 1.54) is 0 Å². The van der Waals surface area contributed by atoms with Gasteiger partial charge in [0.15, 0.2) is 0 Å². The van der Waals surface area contributed by atoms with Crippen molar-refractivity contribution in [3.63, 3.8) is 0 Å². The van der Waals surface area contributed by atoms with E-state index in [1.807, 2.05) is 27.7 Å². The summed E-state index contributed by atoms with van der Waals surface area (Å²) in [5, 5.41) is 4.35. The molecule has 2 atom stereocenters. The molecule has 2 rings (SSSR count). The Bertz CT molecular complexity index is 481. The van der Waals surface area contributed by atoms with Gasteiger partial charge in [-0.25, -0.2) is 4.98 Å². The number of nitrogens with zero attached hydrogens (tertiary/aromatic N) is 1. The molecule has 5 nitrogen and oxygen atoms in total. The van der Waals surface area contributed by atoms with Crippen molar-refractivity contribution in [2.45, 2.75) is 69.0 Å². The fraction of sp³-hybridized carbons (Fsp3) is 0.714. The Morgan fingerprint density at radius 1 is 1.55 bits per heavy atom. The van der Waals surface area contributed by atoms with Crippen LogP contribution in [-0.2, 0) is 4.79 Å². The number of aryl methyl sites for hydroxylation is 2. The molecule has 3 N–H and O–H groups in total. The molecule has 112 valence electrons. The summed E-state index contributed by atoms with van der Waals surface area (Å²) in [7, 11) is 0. The fourth-order valence-electron chi connectivity index (χ4n) is 2.72. The molecule has 0 aliphatic heterocycles. The number of amides is 1. The highest BCUT2D eigenvalue weighted by molar-refractivity contribution is 7.99. The van der Waals surface area contributed by atoms with Crippen LogP contribution in [0.25, 0.3) is 0 Å². The molecular formula is C14H23N3O2S. The second-order valence-electron chi connectivity index (χ2n) is 5.85. The summed E-state index contributed by atoms with van der Waals surface area (Å²) < 4.78 is 5.60. The lowest BCUT2D eigenvalue weighted by atomic mass is 9.96. The maximum atomic E-state index is 11.8. The summed E-state index contributed by atoms with van der Waals surface area (Å²) in [5.41, 5.74) is 5.96. The van der Waals surface area contributed by atoms with Gasteiger partial charge >= 0.3 is 0 Å². The first-order valence-corrected chi connectivity index (χ1v) is 7.88. The highest BCUT2D eigenvalue weighted by Gasteiger charge is 2.44. The molecule has 1 aliphatic carbocycles. The lowest BCUT2D eigenvalue weighted by Crippen LogP contribution is -2.56. The number of hydrogen-bond donors (Lipinski definition) is 2. The summed E-state index contributed by atoms with van der Waals surface area (Å²) in [6, 6.07) is 0.234. The number of oxazole rings is 1. The zero-order valence-corrected chi connectivity index (χ0v) is 13.3. The third kappa shape index (κ3) is 3.17. The minimum atomic E-state index is -0.581. The van der Waals surface area contributed by atoms with Crippen LogP contribution in [0, 0.1) is 13.8 Å². The van der Waals surface area contributed by atoms with Crippen molar-refractivity contribution >= 4 is 17.7 Å². The molecule has 1 aliphatic rings. The largest absolute Gasteiger partial charge is 0.437 e. The lowest BCUT2D eigenvalue weighted by molar-refractivity contribution is -0.124. The summed E-state index contributed by atoms with van der Waals surface area (Å²) in [4.78, 5) is 16.2. The molecule has 1 saturated carbocycles. The first-order valence-electron chi connectivity index (χ1n) is 7.01. The Hall–Kier alpha value is -1.01. The van der Waals surface area contributed by atoms with Crippen molar-refractivity contribution < 1.29 is 9.21 Å². The molecule has 1 amide bonds. The van der Waals surface area contributed by atoms with Gasteiger partial charge in [0.25, 0.3) is 5.22 Å². The van der Waals surface area contributed by atoms with Gasteiger partial charge in [-0.3, -0.25) is 4.79 Å². The number of carbonyl (C=O) groups is 1. The van der Waals surface area contributed by atoms with E-state index in [9.17, 15) is 4.79 Å². The SMILES string of the molecule is Cc1nc(SC2CCC(NC(C)C)(C(N)=O)C2)oc1C. The van der Waals surface area contributed by atoms with Gasteiger partial charge < -0.3 is 15.5 Å². The molecule has 1 aromatic heterocycles. The van der Waals surface area contributed by atoms with Crippen LogP contribution in [0.4, 0.5) is 0 Å². The van der Waals surface area contributed by atoms with Crippen molar-refractivity contribution in [3.8, 4) is 0 Å². The monoisotopic (exact) mass is 297 g/mol. The molecule has 0 radical (unpaired) electrons. The van der Waals surface area contributed by atoms with Crippen LogP contribution in [-0.4, -0.2) is 27.7 Å². The van der Waals surface area contributed by atoms with Crippen molar-refractivity contribution in [1.29, 1.82) is 0 Å². The van der Waals surface area contributed by atoms with E-state index >= 15 is 0 Å². The fourth-order valence-corrected chi connectivity index (χ4v) is 3.97. The predicted octanol–water partition coefficient (Wildman–Crippen LogP) is 2.16. The van der Waals surface area contributed by atoms with Crippen molar-refractivity contribution in [3.05, 3.63) is 11.5 Å². The normalized spacial score (nSPS) is 26.4. The van der Waals surface area contributed by atoms with Crippen molar-refractivity contribution in [2.75, 3.05) is 0 Å². The average Bonchev–Trinajstić information content (AvgIpc) is 2.85. The second kappa shape index (κ2) is 5.77. The average molecular weight is 297 g/mol. The number of aromatic nitrogens is 1.